The van der Waals surface area contributed by atoms with Crippen LogP contribution in [0, 0.1) is 6.92 Å². The van der Waals surface area contributed by atoms with E-state index in [1.54, 1.807) is 18.0 Å². The van der Waals surface area contributed by atoms with Crippen LogP contribution in [0.2, 0.25) is 0 Å². The first-order valence-corrected chi connectivity index (χ1v) is 7.08. The molecule has 0 radical (unpaired) electrons. The van der Waals surface area contributed by atoms with Crippen molar-refractivity contribution in [3.8, 4) is 0 Å². The number of aromatic nitrogens is 2. The zero-order valence-electron chi connectivity index (χ0n) is 12.5. The first-order valence-electron chi connectivity index (χ1n) is 7.08. The number of hydrogen-bond acceptors (Lipinski definition) is 3. The molecule has 6 heteroatoms. The summed E-state index contributed by atoms with van der Waals surface area (Å²) in [6.45, 7) is 2.42. The van der Waals surface area contributed by atoms with Crippen molar-refractivity contribution < 1.29 is 14.7 Å². The number of carboxylic acids is 1. The van der Waals surface area contributed by atoms with Crippen LogP contribution in [0.25, 0.3) is 0 Å². The molecule has 114 valence electrons. The van der Waals surface area contributed by atoms with Gasteiger partial charge >= 0.3 is 5.97 Å². The molecule has 0 bridgehead atoms. The summed E-state index contributed by atoms with van der Waals surface area (Å²) >= 11 is 0. The van der Waals surface area contributed by atoms with Gasteiger partial charge in [-0.15, -0.1) is 0 Å². The van der Waals surface area contributed by atoms with Gasteiger partial charge in [0.2, 0.25) is 0 Å². The van der Waals surface area contributed by atoms with Gasteiger partial charge in [-0.3, -0.25) is 14.3 Å². The quantitative estimate of drug-likeness (QED) is 0.913. The van der Waals surface area contributed by atoms with E-state index in [2.05, 4.69) is 5.10 Å². The van der Waals surface area contributed by atoms with Gasteiger partial charge in [-0.25, -0.2) is 0 Å². The smallest absolute Gasteiger partial charge is 0.312 e. The van der Waals surface area contributed by atoms with Crippen LogP contribution in [0.1, 0.15) is 33.2 Å². The number of rotatable bonds is 2. The van der Waals surface area contributed by atoms with Crippen LogP contribution in [0.15, 0.2) is 30.3 Å². The van der Waals surface area contributed by atoms with E-state index in [9.17, 15) is 14.7 Å². The molecule has 1 atom stereocenters. The Balaban J connectivity index is 1.95. The number of amides is 1. The van der Waals surface area contributed by atoms with E-state index < -0.39 is 11.9 Å². The molecular weight excluding hydrogens is 282 g/mol. The van der Waals surface area contributed by atoms with Crippen molar-refractivity contribution in [2.75, 3.05) is 6.54 Å². The summed E-state index contributed by atoms with van der Waals surface area (Å²) < 4.78 is 1.54. The predicted octanol–water partition coefficient (Wildman–Crippen LogP) is 1.55. The summed E-state index contributed by atoms with van der Waals surface area (Å²) in [7, 11) is 1.72. The number of hydrogen-bond donors (Lipinski definition) is 1. The third-order valence-corrected chi connectivity index (χ3v) is 4.00. The minimum atomic E-state index is -0.911. The Kier molecular flexibility index (Phi) is 3.44. The van der Waals surface area contributed by atoms with Gasteiger partial charge in [0.25, 0.3) is 5.91 Å². The number of nitrogens with zero attached hydrogens (tertiary/aromatic N) is 3. The number of carbonyl (C=O) groups is 2. The number of carboxylic acid groups (broad SMARTS) is 1. The van der Waals surface area contributed by atoms with E-state index in [0.717, 1.165) is 16.8 Å². The van der Waals surface area contributed by atoms with E-state index in [1.165, 1.54) is 4.68 Å². The molecule has 1 N–H and O–H groups in total. The summed E-state index contributed by atoms with van der Waals surface area (Å²) in [4.78, 5) is 25.8. The van der Waals surface area contributed by atoms with Crippen LogP contribution in [-0.4, -0.2) is 38.2 Å². The average molecular weight is 299 g/mol. The second kappa shape index (κ2) is 5.29. The van der Waals surface area contributed by atoms with E-state index in [0.29, 0.717) is 12.2 Å². The molecule has 2 heterocycles. The van der Waals surface area contributed by atoms with E-state index >= 15 is 0 Å². The maximum Gasteiger partial charge on any atom is 0.312 e. The van der Waals surface area contributed by atoms with Crippen LogP contribution in [0.4, 0.5) is 0 Å². The molecule has 1 aromatic carbocycles. The molecule has 0 saturated heterocycles. The fraction of sp³-hybridized carbons (Fsp3) is 0.312. The van der Waals surface area contributed by atoms with Crippen molar-refractivity contribution in [3.05, 3.63) is 52.8 Å². The van der Waals surface area contributed by atoms with Crippen molar-refractivity contribution >= 4 is 11.9 Å². The molecule has 0 unspecified atom stereocenters. The fourth-order valence-electron chi connectivity index (χ4n) is 2.95. The lowest BCUT2D eigenvalue weighted by Crippen LogP contribution is -2.41. The number of aliphatic carboxylic acids is 1. The Morgan fingerprint density at radius 2 is 2.05 bits per heavy atom. The minimum Gasteiger partial charge on any atom is -0.481 e. The fourth-order valence-corrected chi connectivity index (χ4v) is 2.95. The summed E-state index contributed by atoms with van der Waals surface area (Å²) in [5.41, 5.74) is 2.91. The zero-order valence-corrected chi connectivity index (χ0v) is 12.5. The van der Waals surface area contributed by atoms with Gasteiger partial charge in [0.15, 0.2) is 0 Å². The predicted molar refractivity (Wildman–Crippen MR) is 79.5 cm³/mol. The Morgan fingerprint density at radius 3 is 2.68 bits per heavy atom. The maximum atomic E-state index is 12.7. The topological polar surface area (TPSA) is 75.4 Å². The lowest BCUT2D eigenvalue weighted by atomic mass is 9.89. The highest BCUT2D eigenvalue weighted by Crippen LogP contribution is 2.29. The number of benzene rings is 1. The van der Waals surface area contributed by atoms with Crippen molar-refractivity contribution in [2.45, 2.75) is 19.4 Å². The number of carbonyl (C=O) groups excluding carboxylic acids is 1. The van der Waals surface area contributed by atoms with Crippen LogP contribution in [0.3, 0.4) is 0 Å². The van der Waals surface area contributed by atoms with E-state index in [4.69, 9.17) is 0 Å². The van der Waals surface area contributed by atoms with Gasteiger partial charge in [-0.05, 0) is 24.1 Å². The van der Waals surface area contributed by atoms with Gasteiger partial charge in [0.05, 0.1) is 11.6 Å². The second-order valence-corrected chi connectivity index (χ2v) is 5.57. The summed E-state index contributed by atoms with van der Waals surface area (Å²) in [5.74, 6) is -1.79. The van der Waals surface area contributed by atoms with Gasteiger partial charge < -0.3 is 10.0 Å². The second-order valence-electron chi connectivity index (χ2n) is 5.57. The molecule has 0 saturated carbocycles. The van der Waals surface area contributed by atoms with E-state index in [1.807, 2.05) is 31.2 Å². The van der Waals surface area contributed by atoms with Crippen LogP contribution >= 0.6 is 0 Å². The Hall–Kier alpha value is -2.63. The molecule has 1 aliphatic rings. The first-order chi connectivity index (χ1) is 10.5. The molecule has 3 rings (SSSR count). The summed E-state index contributed by atoms with van der Waals surface area (Å²) in [6, 6.07) is 9.11. The third kappa shape index (κ3) is 2.36. The SMILES string of the molecule is Cc1cc(C(=O)N2Cc3ccccc3[C@@H](C(=O)O)C2)n(C)n1. The normalized spacial score (nSPS) is 17.2. The maximum absolute atomic E-state index is 12.7. The molecular formula is C16H17N3O3. The van der Waals surface area contributed by atoms with Crippen LogP contribution in [0.5, 0.6) is 0 Å². The monoisotopic (exact) mass is 299 g/mol. The Labute approximate surface area is 128 Å². The Bertz CT molecular complexity index is 751. The Morgan fingerprint density at radius 1 is 1.32 bits per heavy atom. The minimum absolute atomic E-state index is 0.176. The highest BCUT2D eigenvalue weighted by atomic mass is 16.4. The highest BCUT2D eigenvalue weighted by molar-refractivity contribution is 5.93. The lowest BCUT2D eigenvalue weighted by Gasteiger charge is -2.32. The third-order valence-electron chi connectivity index (χ3n) is 4.00. The molecule has 1 amide bonds. The molecule has 22 heavy (non-hydrogen) atoms. The van der Waals surface area contributed by atoms with E-state index in [-0.39, 0.29) is 12.5 Å². The lowest BCUT2D eigenvalue weighted by molar-refractivity contribution is -0.139. The molecule has 1 aromatic heterocycles. The average Bonchev–Trinajstić information content (AvgIpc) is 2.83. The first kappa shape index (κ1) is 14.3. The molecule has 2 aromatic rings. The number of fused-ring (bicyclic) bond motifs is 1. The largest absolute Gasteiger partial charge is 0.481 e. The molecule has 6 nitrogen and oxygen atoms in total. The van der Waals surface area contributed by atoms with Crippen molar-refractivity contribution in [2.24, 2.45) is 7.05 Å². The summed E-state index contributed by atoms with van der Waals surface area (Å²) in [6.07, 6.45) is 0. The number of aryl methyl sites for hydroxylation is 2. The van der Waals surface area contributed by atoms with Gasteiger partial charge in [-0.1, -0.05) is 24.3 Å². The molecule has 0 aliphatic carbocycles. The molecule has 0 spiro atoms. The van der Waals surface area contributed by atoms with Crippen LogP contribution in [-0.2, 0) is 18.4 Å². The standard InChI is InChI=1S/C16H17N3O3/c1-10-7-14(18(2)17-10)15(20)19-8-11-5-3-4-6-12(11)13(9-19)16(21)22/h3-7,13H,8-9H2,1-2H3,(H,21,22)/t13-/m0/s1. The molecule has 0 fully saturated rings. The zero-order chi connectivity index (χ0) is 15.9. The van der Waals surface area contributed by atoms with Gasteiger partial charge in [0, 0.05) is 20.1 Å². The van der Waals surface area contributed by atoms with Crippen molar-refractivity contribution in [3.63, 3.8) is 0 Å². The highest BCUT2D eigenvalue weighted by Gasteiger charge is 2.33. The van der Waals surface area contributed by atoms with Crippen molar-refractivity contribution in [1.29, 1.82) is 0 Å². The molecule has 1 aliphatic heterocycles. The van der Waals surface area contributed by atoms with Crippen molar-refractivity contribution in [1.82, 2.24) is 14.7 Å². The van der Waals surface area contributed by atoms with Gasteiger partial charge in [-0.2, -0.15) is 5.10 Å². The summed E-state index contributed by atoms with van der Waals surface area (Å²) in [5, 5.41) is 13.6. The van der Waals surface area contributed by atoms with Gasteiger partial charge in [0.1, 0.15) is 5.69 Å². The van der Waals surface area contributed by atoms with Crippen LogP contribution < -0.4 is 0 Å².